The van der Waals surface area contributed by atoms with Gasteiger partial charge in [0.05, 0.1) is 5.39 Å². The van der Waals surface area contributed by atoms with Crippen LogP contribution in [0, 0.1) is 0 Å². The van der Waals surface area contributed by atoms with E-state index < -0.39 is 5.97 Å². The van der Waals surface area contributed by atoms with Crippen molar-refractivity contribution in [2.75, 3.05) is 12.3 Å². The third kappa shape index (κ3) is 5.64. The largest absolute Gasteiger partial charge is 0.481 e. The average molecular weight is 489 g/mol. The van der Waals surface area contributed by atoms with Crippen LogP contribution in [0.5, 0.6) is 11.5 Å². The lowest BCUT2D eigenvalue weighted by molar-refractivity contribution is -0.134. The zero-order valence-electron chi connectivity index (χ0n) is 20.3. The fraction of sp³-hybridized carbons (Fsp3) is 0.296. The number of hydrogen-bond donors (Lipinski definition) is 4. The molecule has 9 heteroatoms. The number of para-hydroxylation sites is 1. The fourth-order valence-electron chi connectivity index (χ4n) is 4.59. The number of carboxylic acids is 1. The third-order valence-corrected chi connectivity index (χ3v) is 6.53. The molecule has 0 radical (unpaired) electrons. The highest BCUT2D eigenvalue weighted by molar-refractivity contribution is 6.00. The Kier molecular flexibility index (Phi) is 7.52. The van der Waals surface area contributed by atoms with E-state index in [1.54, 1.807) is 0 Å². The van der Waals surface area contributed by atoms with Gasteiger partial charge in [-0.25, -0.2) is 9.97 Å². The lowest BCUT2D eigenvalue weighted by Crippen LogP contribution is -2.49. The van der Waals surface area contributed by atoms with Gasteiger partial charge in [0.1, 0.15) is 29.3 Å². The summed E-state index contributed by atoms with van der Waals surface area (Å²) >= 11 is 0. The summed E-state index contributed by atoms with van der Waals surface area (Å²) in [7, 11) is 0. The molecule has 0 amide bonds. The fourth-order valence-corrected chi connectivity index (χ4v) is 4.59. The lowest BCUT2D eigenvalue weighted by Gasteiger charge is -2.36. The molecule has 2 aromatic carbocycles. The van der Waals surface area contributed by atoms with Crippen LogP contribution in [0.3, 0.4) is 0 Å². The van der Waals surface area contributed by atoms with Crippen molar-refractivity contribution in [3.05, 3.63) is 67.1 Å². The number of benzene rings is 2. The molecular weight excluding hydrogens is 456 g/mol. The minimum absolute atomic E-state index is 0.259. The van der Waals surface area contributed by atoms with E-state index in [1.807, 2.05) is 54.6 Å². The van der Waals surface area contributed by atoms with Gasteiger partial charge in [-0.05, 0) is 55.5 Å². The Morgan fingerprint density at radius 1 is 1.08 bits per heavy atom. The maximum Gasteiger partial charge on any atom is 0.300 e. The number of hydrogen-bond acceptors (Lipinski definition) is 7. The van der Waals surface area contributed by atoms with Crippen LogP contribution < -0.4 is 21.9 Å². The Morgan fingerprint density at radius 3 is 2.31 bits per heavy atom. The minimum atomic E-state index is -0.833. The van der Waals surface area contributed by atoms with Crippen molar-refractivity contribution in [1.29, 1.82) is 0 Å². The van der Waals surface area contributed by atoms with Crippen molar-refractivity contribution in [1.82, 2.24) is 14.5 Å². The van der Waals surface area contributed by atoms with Gasteiger partial charge in [0.2, 0.25) is 0 Å². The summed E-state index contributed by atoms with van der Waals surface area (Å²) in [5.74, 6) is 1.24. The van der Waals surface area contributed by atoms with E-state index in [-0.39, 0.29) is 5.54 Å². The highest BCUT2D eigenvalue weighted by Gasteiger charge is 2.32. The van der Waals surface area contributed by atoms with Crippen molar-refractivity contribution >= 4 is 22.8 Å². The number of carbonyl (C=O) groups is 1. The van der Waals surface area contributed by atoms with Crippen LogP contribution in [0.1, 0.15) is 38.6 Å². The lowest BCUT2D eigenvalue weighted by atomic mass is 9.80. The molecule has 0 saturated heterocycles. The first-order chi connectivity index (χ1) is 17.3. The second-order valence-corrected chi connectivity index (χ2v) is 9.16. The Morgan fingerprint density at radius 2 is 1.69 bits per heavy atom. The molecule has 1 fully saturated rings. The highest BCUT2D eigenvalue weighted by Crippen LogP contribution is 2.40. The molecule has 5 rings (SSSR count). The first kappa shape index (κ1) is 25.2. The molecule has 1 saturated carbocycles. The van der Waals surface area contributed by atoms with Gasteiger partial charge in [0.15, 0.2) is 0 Å². The van der Waals surface area contributed by atoms with Crippen LogP contribution in [-0.4, -0.2) is 37.7 Å². The molecule has 9 nitrogen and oxygen atoms in total. The quantitative estimate of drug-likeness (QED) is 0.323. The molecule has 1 aliphatic carbocycles. The molecule has 2 heterocycles. The molecule has 7 N–H and O–H groups in total. The van der Waals surface area contributed by atoms with E-state index in [0.717, 1.165) is 66.3 Å². The summed E-state index contributed by atoms with van der Waals surface area (Å²) in [6.07, 6.45) is 7.41. The Hall–Kier alpha value is -3.95. The van der Waals surface area contributed by atoms with E-state index >= 15 is 0 Å². The van der Waals surface area contributed by atoms with Crippen molar-refractivity contribution < 1.29 is 14.6 Å². The number of anilines is 1. The smallest absolute Gasteiger partial charge is 0.300 e. The number of ether oxygens (including phenoxy) is 1. The molecule has 188 valence electrons. The first-order valence-corrected chi connectivity index (χ1v) is 11.9. The molecule has 0 bridgehead atoms. The number of rotatable bonds is 5. The number of nitrogens with two attached hydrogens (primary N) is 3. The van der Waals surface area contributed by atoms with Gasteiger partial charge in [-0.2, -0.15) is 0 Å². The van der Waals surface area contributed by atoms with E-state index in [2.05, 4.69) is 20.7 Å². The van der Waals surface area contributed by atoms with Crippen LogP contribution in [-0.2, 0) is 4.79 Å². The number of nitrogens with zero attached hydrogens (tertiary/aromatic N) is 3. The van der Waals surface area contributed by atoms with Crippen LogP contribution >= 0.6 is 0 Å². The molecule has 0 spiro atoms. The summed E-state index contributed by atoms with van der Waals surface area (Å²) in [5, 5.41) is 8.30. The summed E-state index contributed by atoms with van der Waals surface area (Å²) in [5.41, 5.74) is 21.3. The SMILES string of the molecule is CC(=O)O.NC[C@]1(N)CC[C@@H](n2cc(-c3ccc(Oc4ccccc4)cc3)c3c(N)ncnc32)CC1. The second-order valence-electron chi connectivity index (χ2n) is 9.16. The Labute approximate surface area is 209 Å². The third-order valence-electron chi connectivity index (χ3n) is 6.53. The van der Waals surface area contributed by atoms with Gasteiger partial charge in [-0.15, -0.1) is 0 Å². The topological polar surface area (TPSA) is 155 Å². The maximum absolute atomic E-state index is 9.00. The molecule has 0 aliphatic heterocycles. The van der Waals surface area contributed by atoms with Gasteiger partial charge in [-0.3, -0.25) is 4.79 Å². The van der Waals surface area contributed by atoms with E-state index in [0.29, 0.717) is 18.4 Å². The van der Waals surface area contributed by atoms with Crippen LogP contribution in [0.2, 0.25) is 0 Å². The Bertz CT molecular complexity index is 1310. The Balaban J connectivity index is 0.000000709. The van der Waals surface area contributed by atoms with Crippen molar-refractivity contribution in [2.45, 2.75) is 44.2 Å². The van der Waals surface area contributed by atoms with Crippen LogP contribution in [0.25, 0.3) is 22.2 Å². The van der Waals surface area contributed by atoms with E-state index in [1.165, 1.54) is 6.33 Å². The minimum Gasteiger partial charge on any atom is -0.481 e. The standard InChI is InChI=1S/C25H28N6O.C2H4O2/c26-15-25(28)12-10-18(11-13-25)31-14-21(22-23(27)29-16-30-24(22)31)17-6-8-20(9-7-17)32-19-4-2-1-3-5-19;1-2(3)4/h1-9,14,16,18H,10-13,15,26,28H2,(H2,27,29,30);1H3,(H,3,4)/t18-,25+;. The zero-order valence-corrected chi connectivity index (χ0v) is 20.3. The zero-order chi connectivity index (χ0) is 25.7. The number of carboxylic acid groups (broad SMARTS) is 1. The molecule has 0 unspecified atom stereocenters. The summed E-state index contributed by atoms with van der Waals surface area (Å²) < 4.78 is 8.18. The summed E-state index contributed by atoms with van der Waals surface area (Å²) in [4.78, 5) is 17.8. The van der Waals surface area contributed by atoms with Crippen molar-refractivity contribution in [3.63, 3.8) is 0 Å². The van der Waals surface area contributed by atoms with Crippen LogP contribution in [0.4, 0.5) is 5.82 Å². The normalized spacial score (nSPS) is 19.4. The molecular formula is C27H32N6O3. The molecule has 2 aromatic heterocycles. The van der Waals surface area contributed by atoms with Crippen molar-refractivity contribution in [2.24, 2.45) is 11.5 Å². The number of nitrogen functional groups attached to an aromatic ring is 1. The number of aliphatic carboxylic acids is 1. The maximum atomic E-state index is 9.00. The van der Waals surface area contributed by atoms with E-state index in [9.17, 15) is 0 Å². The predicted octanol–water partition coefficient (Wildman–Crippen LogP) is 4.34. The number of aromatic nitrogens is 3. The van der Waals surface area contributed by atoms with Crippen molar-refractivity contribution in [3.8, 4) is 22.6 Å². The van der Waals surface area contributed by atoms with E-state index in [4.69, 9.17) is 31.8 Å². The van der Waals surface area contributed by atoms with Gasteiger partial charge in [0, 0.05) is 36.8 Å². The molecule has 0 atom stereocenters. The van der Waals surface area contributed by atoms with Gasteiger partial charge in [0.25, 0.3) is 5.97 Å². The van der Waals surface area contributed by atoms with Crippen LogP contribution in [0.15, 0.2) is 67.1 Å². The summed E-state index contributed by atoms with van der Waals surface area (Å²) in [6, 6.07) is 18.1. The highest BCUT2D eigenvalue weighted by atomic mass is 16.5. The first-order valence-electron chi connectivity index (χ1n) is 11.9. The molecule has 4 aromatic rings. The van der Waals surface area contributed by atoms with Gasteiger partial charge < -0.3 is 31.6 Å². The summed E-state index contributed by atoms with van der Waals surface area (Å²) in [6.45, 7) is 1.60. The average Bonchev–Trinajstić information content (AvgIpc) is 3.26. The molecule has 1 aliphatic rings. The molecule has 36 heavy (non-hydrogen) atoms. The predicted molar refractivity (Wildman–Crippen MR) is 141 cm³/mol. The monoisotopic (exact) mass is 488 g/mol. The van der Waals surface area contributed by atoms with Gasteiger partial charge >= 0.3 is 0 Å². The number of fused-ring (bicyclic) bond motifs is 1. The van der Waals surface area contributed by atoms with Gasteiger partial charge in [-0.1, -0.05) is 30.3 Å². The second kappa shape index (κ2) is 10.8.